The van der Waals surface area contributed by atoms with Gasteiger partial charge in [0, 0.05) is 42.0 Å². The molecule has 3 aromatic carbocycles. The van der Waals surface area contributed by atoms with E-state index in [1.54, 1.807) is 32.0 Å². The molecule has 0 unspecified atom stereocenters. The molecule has 0 fully saturated rings. The van der Waals surface area contributed by atoms with E-state index in [4.69, 9.17) is 4.98 Å². The lowest BCUT2D eigenvalue weighted by Crippen LogP contribution is -2.39. The van der Waals surface area contributed by atoms with Crippen LogP contribution in [0, 0.1) is 0 Å². The monoisotopic (exact) mass is 592 g/mol. The molecule has 1 aromatic heterocycles. The molecule has 0 radical (unpaired) electrons. The van der Waals surface area contributed by atoms with Crippen molar-refractivity contribution in [2.45, 2.75) is 43.3 Å². The largest absolute Gasteiger partial charge is 0.416 e. The zero-order chi connectivity index (χ0) is 29.7. The van der Waals surface area contributed by atoms with Crippen LogP contribution in [0.4, 0.5) is 30.6 Å². The summed E-state index contributed by atoms with van der Waals surface area (Å²) in [6.07, 6.45) is -1.73. The molecule has 7 nitrogen and oxygen atoms in total. The first-order valence-electron chi connectivity index (χ1n) is 13.5. The van der Waals surface area contributed by atoms with E-state index in [9.17, 15) is 18.0 Å². The molecule has 0 saturated carbocycles. The molecule has 1 amide bonds. The Kier molecular flexibility index (Phi) is 8.69. The number of benzene rings is 3. The minimum absolute atomic E-state index is 0.276. The second-order valence-corrected chi connectivity index (χ2v) is 11.4. The van der Waals surface area contributed by atoms with Gasteiger partial charge in [0.1, 0.15) is 5.82 Å². The Balaban J connectivity index is 1.27. The van der Waals surface area contributed by atoms with E-state index in [2.05, 4.69) is 25.7 Å². The molecule has 2 heterocycles. The van der Waals surface area contributed by atoms with Crippen molar-refractivity contribution in [2.24, 2.45) is 0 Å². The van der Waals surface area contributed by atoms with Gasteiger partial charge < -0.3 is 16.0 Å². The highest BCUT2D eigenvalue weighted by Gasteiger charge is 2.33. The van der Waals surface area contributed by atoms with Gasteiger partial charge in [-0.3, -0.25) is 9.52 Å². The first-order chi connectivity index (χ1) is 20.1. The van der Waals surface area contributed by atoms with Crippen molar-refractivity contribution in [3.05, 3.63) is 95.7 Å². The number of fused-ring (bicyclic) bond motifs is 4. The molecule has 1 aliphatic heterocycles. The van der Waals surface area contributed by atoms with Gasteiger partial charge in [0.05, 0.1) is 11.0 Å². The summed E-state index contributed by atoms with van der Waals surface area (Å²) >= 11 is 1.59. The third-order valence-electron chi connectivity index (χ3n) is 7.04. The maximum Gasteiger partial charge on any atom is 0.416 e. The lowest BCUT2D eigenvalue weighted by Gasteiger charge is -2.24. The predicted molar refractivity (Wildman–Crippen MR) is 160 cm³/mol. The fourth-order valence-electron chi connectivity index (χ4n) is 4.47. The van der Waals surface area contributed by atoms with Crippen LogP contribution in [0.25, 0.3) is 11.1 Å². The molecule has 0 atom stereocenters. The van der Waals surface area contributed by atoms with Crippen molar-refractivity contribution in [3.63, 3.8) is 0 Å². The summed E-state index contributed by atoms with van der Waals surface area (Å²) < 4.78 is 42.2. The zero-order valence-corrected chi connectivity index (χ0v) is 24.0. The predicted octanol–water partition coefficient (Wildman–Crippen LogP) is 6.91. The number of carbonyl (C=O) groups excluding carboxylic acids is 1. The number of hydrogen-bond acceptors (Lipinski definition) is 7. The molecule has 0 spiro atoms. The van der Waals surface area contributed by atoms with E-state index in [1.807, 2.05) is 48.5 Å². The van der Waals surface area contributed by atoms with Crippen molar-refractivity contribution >= 4 is 35.3 Å². The smallest absolute Gasteiger partial charge is 0.369 e. The first kappa shape index (κ1) is 29.4. The summed E-state index contributed by atoms with van der Waals surface area (Å²) in [6.45, 7) is 5.22. The molecule has 4 bridgehead atoms. The van der Waals surface area contributed by atoms with E-state index < -0.39 is 17.2 Å². The molecular weight excluding hydrogens is 561 g/mol. The van der Waals surface area contributed by atoms with Gasteiger partial charge in [0.2, 0.25) is 11.9 Å². The second-order valence-electron chi connectivity index (χ2n) is 10.5. The molecule has 4 aromatic rings. The first-order valence-corrected chi connectivity index (χ1v) is 14.3. The molecule has 0 saturated heterocycles. The van der Waals surface area contributed by atoms with Crippen LogP contribution in [-0.4, -0.2) is 29.0 Å². The number of amides is 1. The van der Waals surface area contributed by atoms with Crippen molar-refractivity contribution < 1.29 is 18.0 Å². The average Bonchev–Trinajstić information content (AvgIpc) is 2.98. The van der Waals surface area contributed by atoms with Crippen molar-refractivity contribution in [3.8, 4) is 11.1 Å². The SMILES string of the molecule is CC(C)(C(=O)NCc1ccc(-c2cnc3nc2NCCCNSc2cccc(c2)N3)cc1)c1ccc(C(F)(F)F)cc1. The van der Waals surface area contributed by atoms with Crippen molar-refractivity contribution in [1.82, 2.24) is 20.0 Å². The van der Waals surface area contributed by atoms with Crippen LogP contribution in [0.2, 0.25) is 0 Å². The maximum atomic E-state index is 13.0. The normalized spacial score (nSPS) is 13.9. The molecule has 218 valence electrons. The van der Waals surface area contributed by atoms with Gasteiger partial charge in [0.25, 0.3) is 0 Å². The molecule has 0 aliphatic carbocycles. The van der Waals surface area contributed by atoms with Gasteiger partial charge in [-0.2, -0.15) is 18.2 Å². The summed E-state index contributed by atoms with van der Waals surface area (Å²) in [5.41, 5.74) is 2.30. The van der Waals surface area contributed by atoms with Gasteiger partial charge in [0.15, 0.2) is 0 Å². The number of carbonyl (C=O) groups is 1. The molecule has 11 heteroatoms. The standard InChI is InChI=1S/C31H31F3N6OS/c1-30(2,22-11-13-23(14-12-22)31(32,33)34)28(41)36-18-20-7-9-21(10-8-20)26-19-37-29-39-24-5-3-6-25(17-24)42-38-16-4-15-35-27(26)40-29/h3,5-14,17,19,38H,4,15-16,18H2,1-2H3,(H,36,41)(H2,35,37,39,40). The van der Waals surface area contributed by atoms with Crippen LogP contribution < -0.4 is 20.7 Å². The van der Waals surface area contributed by atoms with Crippen molar-refractivity contribution in [2.75, 3.05) is 23.7 Å². The van der Waals surface area contributed by atoms with Gasteiger partial charge in [-0.15, -0.1) is 0 Å². The molecular formula is C31H31F3N6OS. The minimum Gasteiger partial charge on any atom is -0.369 e. The van der Waals surface area contributed by atoms with E-state index in [0.29, 0.717) is 11.5 Å². The number of aromatic nitrogens is 2. The highest BCUT2D eigenvalue weighted by atomic mass is 32.2. The van der Waals surface area contributed by atoms with E-state index >= 15 is 0 Å². The van der Waals surface area contributed by atoms with Gasteiger partial charge in [-0.05, 0) is 79.2 Å². The zero-order valence-electron chi connectivity index (χ0n) is 23.2. The summed E-state index contributed by atoms with van der Waals surface area (Å²) in [6, 6.07) is 20.5. The Labute approximate surface area is 246 Å². The van der Waals surface area contributed by atoms with Crippen LogP contribution in [0.15, 0.2) is 83.9 Å². The third-order valence-corrected chi connectivity index (χ3v) is 7.87. The fraction of sp³-hybridized carbons (Fsp3) is 0.258. The lowest BCUT2D eigenvalue weighted by atomic mass is 9.83. The quantitative estimate of drug-likeness (QED) is 0.187. The molecule has 4 N–H and O–H groups in total. The number of anilines is 3. The summed E-state index contributed by atoms with van der Waals surface area (Å²) in [4.78, 5) is 23.4. The molecule has 1 aliphatic rings. The van der Waals surface area contributed by atoms with Crippen molar-refractivity contribution in [1.29, 1.82) is 0 Å². The maximum absolute atomic E-state index is 13.0. The summed E-state index contributed by atoms with van der Waals surface area (Å²) in [5.74, 6) is 0.928. The highest BCUT2D eigenvalue weighted by Crippen LogP contribution is 2.32. The minimum atomic E-state index is -4.42. The van der Waals surface area contributed by atoms with Crippen LogP contribution in [0.5, 0.6) is 0 Å². The van der Waals surface area contributed by atoms with Crippen LogP contribution in [-0.2, 0) is 22.9 Å². The molecule has 5 rings (SSSR count). The Morgan fingerprint density at radius 2 is 1.71 bits per heavy atom. The number of hydrogen-bond donors (Lipinski definition) is 4. The van der Waals surface area contributed by atoms with Gasteiger partial charge in [-0.1, -0.05) is 42.5 Å². The van der Waals surface area contributed by atoms with E-state index in [0.717, 1.165) is 64.7 Å². The second kappa shape index (κ2) is 12.4. The lowest BCUT2D eigenvalue weighted by molar-refractivity contribution is -0.137. The third kappa shape index (κ3) is 7.03. The summed E-state index contributed by atoms with van der Waals surface area (Å²) in [5, 5.41) is 9.63. The van der Waals surface area contributed by atoms with Crippen LogP contribution in [0.1, 0.15) is 37.0 Å². The molecule has 42 heavy (non-hydrogen) atoms. The number of nitrogens with one attached hydrogen (secondary N) is 4. The number of rotatable bonds is 5. The van der Waals surface area contributed by atoms with E-state index in [-0.39, 0.29) is 12.5 Å². The van der Waals surface area contributed by atoms with Crippen LogP contribution >= 0.6 is 11.9 Å². The number of alkyl halides is 3. The topological polar surface area (TPSA) is 91.0 Å². The van der Waals surface area contributed by atoms with E-state index in [1.165, 1.54) is 12.1 Å². The Morgan fingerprint density at radius 1 is 0.976 bits per heavy atom. The summed E-state index contributed by atoms with van der Waals surface area (Å²) in [7, 11) is 0. The van der Waals surface area contributed by atoms with Gasteiger partial charge in [-0.25, -0.2) is 4.98 Å². The Bertz CT molecular complexity index is 1540. The van der Waals surface area contributed by atoms with Crippen LogP contribution in [0.3, 0.4) is 0 Å². The highest BCUT2D eigenvalue weighted by molar-refractivity contribution is 7.97. The Hall–Kier alpha value is -4.09. The number of nitrogens with zero attached hydrogens (tertiary/aromatic N) is 2. The number of halogens is 3. The fourth-order valence-corrected chi connectivity index (χ4v) is 5.21. The Morgan fingerprint density at radius 3 is 2.45 bits per heavy atom. The van der Waals surface area contributed by atoms with Gasteiger partial charge >= 0.3 is 6.18 Å². The average molecular weight is 593 g/mol.